The van der Waals surface area contributed by atoms with Gasteiger partial charge in [0, 0.05) is 0 Å². The maximum atomic E-state index is 10.6. The predicted octanol–water partition coefficient (Wildman–Crippen LogP) is 3.27. The van der Waals surface area contributed by atoms with Crippen molar-refractivity contribution in [1.29, 1.82) is 0 Å². The van der Waals surface area contributed by atoms with Gasteiger partial charge in [0.2, 0.25) is 0 Å². The fourth-order valence-electron chi connectivity index (χ4n) is 0.884. The lowest BCUT2D eigenvalue weighted by Gasteiger charge is -1.95. The molecule has 0 aromatic heterocycles. The number of hydrogen-bond donors (Lipinski definition) is 0. The van der Waals surface area contributed by atoms with E-state index in [1.54, 1.807) is 13.0 Å². The highest BCUT2D eigenvalue weighted by molar-refractivity contribution is 5.87. The molecule has 0 atom stereocenters. The lowest BCUT2D eigenvalue weighted by Crippen LogP contribution is -1.82. The van der Waals surface area contributed by atoms with Crippen molar-refractivity contribution in [3.8, 4) is 0 Å². The van der Waals surface area contributed by atoms with Crippen LogP contribution in [0.1, 0.15) is 40.0 Å². The second-order valence-corrected chi connectivity index (χ2v) is 2.87. The molecule has 0 aromatic rings. The Labute approximate surface area is 75.2 Å². The molecule has 0 N–H and O–H groups in total. The Morgan fingerprint density at radius 3 is 2.33 bits per heavy atom. The van der Waals surface area contributed by atoms with Crippen LogP contribution in [0.3, 0.4) is 0 Å². The fourth-order valence-corrected chi connectivity index (χ4v) is 0.884. The van der Waals surface area contributed by atoms with Crippen LogP contribution in [0.25, 0.3) is 0 Å². The van der Waals surface area contributed by atoms with Crippen molar-refractivity contribution in [1.82, 2.24) is 0 Å². The van der Waals surface area contributed by atoms with Crippen LogP contribution >= 0.6 is 0 Å². The monoisotopic (exact) mass is 166 g/mol. The van der Waals surface area contributed by atoms with Gasteiger partial charge in [0.15, 0.2) is 5.78 Å². The van der Waals surface area contributed by atoms with Crippen LogP contribution in [0.5, 0.6) is 0 Å². The predicted molar refractivity (Wildman–Crippen MR) is 53.1 cm³/mol. The molecule has 0 aliphatic carbocycles. The Kier molecular flexibility index (Phi) is 6.35. The lowest BCUT2D eigenvalue weighted by atomic mass is 10.1. The first-order valence-electron chi connectivity index (χ1n) is 4.58. The summed E-state index contributed by atoms with van der Waals surface area (Å²) in [5, 5.41) is 0. The summed E-state index contributed by atoms with van der Waals surface area (Å²) in [6, 6.07) is 0. The molecule has 12 heavy (non-hydrogen) atoms. The van der Waals surface area contributed by atoms with E-state index in [0.717, 1.165) is 19.3 Å². The van der Waals surface area contributed by atoms with E-state index in [-0.39, 0.29) is 5.78 Å². The van der Waals surface area contributed by atoms with Crippen molar-refractivity contribution < 1.29 is 4.79 Å². The minimum atomic E-state index is 0.117. The molecule has 0 spiro atoms. The Morgan fingerprint density at radius 1 is 1.25 bits per heavy atom. The van der Waals surface area contributed by atoms with Crippen LogP contribution in [-0.4, -0.2) is 5.78 Å². The van der Waals surface area contributed by atoms with Crippen molar-refractivity contribution in [3.05, 3.63) is 23.8 Å². The second kappa shape index (κ2) is 6.84. The molecule has 0 fully saturated rings. The number of allylic oxidation sites excluding steroid dienone is 4. The number of carbonyl (C=O) groups is 1. The van der Waals surface area contributed by atoms with Gasteiger partial charge in [-0.1, -0.05) is 38.0 Å². The molecular formula is C11H18O. The topological polar surface area (TPSA) is 17.1 Å². The van der Waals surface area contributed by atoms with Gasteiger partial charge in [-0.2, -0.15) is 0 Å². The quantitative estimate of drug-likeness (QED) is 0.452. The second-order valence-electron chi connectivity index (χ2n) is 2.87. The summed E-state index contributed by atoms with van der Waals surface area (Å²) in [6.45, 7) is 5.83. The number of rotatable bonds is 5. The first kappa shape index (κ1) is 11.2. The number of carbonyl (C=O) groups excluding carboxylic acids is 1. The average Bonchev–Trinajstić information content (AvgIpc) is 2.05. The fraction of sp³-hybridized carbons (Fsp3) is 0.545. The molecule has 0 radical (unpaired) electrons. The van der Waals surface area contributed by atoms with E-state index in [1.165, 1.54) is 5.57 Å². The number of hydrogen-bond acceptors (Lipinski definition) is 1. The highest BCUT2D eigenvalue weighted by Gasteiger charge is 1.88. The maximum Gasteiger partial charge on any atom is 0.152 e. The minimum Gasteiger partial charge on any atom is -0.295 e. The van der Waals surface area contributed by atoms with Gasteiger partial charge in [-0.15, -0.1) is 0 Å². The maximum absolute atomic E-state index is 10.6. The zero-order valence-electron chi connectivity index (χ0n) is 8.26. The zero-order valence-corrected chi connectivity index (χ0v) is 8.26. The molecule has 0 heterocycles. The molecule has 0 aromatic carbocycles. The molecule has 0 unspecified atom stereocenters. The largest absolute Gasteiger partial charge is 0.295 e. The van der Waals surface area contributed by atoms with Crippen LogP contribution in [0.4, 0.5) is 0 Å². The van der Waals surface area contributed by atoms with E-state index >= 15 is 0 Å². The molecular weight excluding hydrogens is 148 g/mol. The number of unbranched alkanes of at least 4 members (excludes halogenated alkanes) is 1. The molecule has 0 saturated carbocycles. The van der Waals surface area contributed by atoms with Gasteiger partial charge in [0.05, 0.1) is 0 Å². The molecule has 0 aliphatic heterocycles. The van der Waals surface area contributed by atoms with E-state index in [9.17, 15) is 4.79 Å². The smallest absolute Gasteiger partial charge is 0.152 e. The lowest BCUT2D eigenvalue weighted by molar-refractivity contribution is -0.112. The van der Waals surface area contributed by atoms with Gasteiger partial charge >= 0.3 is 0 Å². The van der Waals surface area contributed by atoms with Crippen molar-refractivity contribution in [2.24, 2.45) is 0 Å². The molecule has 0 saturated heterocycles. The molecule has 1 nitrogen and oxygen atoms in total. The summed E-state index contributed by atoms with van der Waals surface area (Å²) in [6.07, 6.45) is 9.01. The summed E-state index contributed by atoms with van der Waals surface area (Å²) >= 11 is 0. The summed E-state index contributed by atoms with van der Waals surface area (Å²) in [7, 11) is 0. The first-order chi connectivity index (χ1) is 5.70. The average molecular weight is 166 g/mol. The van der Waals surface area contributed by atoms with Gasteiger partial charge in [-0.3, -0.25) is 4.79 Å². The van der Waals surface area contributed by atoms with Crippen molar-refractivity contribution >= 4 is 5.78 Å². The molecule has 0 amide bonds. The van der Waals surface area contributed by atoms with Crippen LogP contribution < -0.4 is 0 Å². The van der Waals surface area contributed by atoms with E-state index in [4.69, 9.17) is 0 Å². The first-order valence-corrected chi connectivity index (χ1v) is 4.58. The third-order valence-corrected chi connectivity index (χ3v) is 1.64. The van der Waals surface area contributed by atoms with E-state index in [1.807, 2.05) is 6.08 Å². The summed E-state index contributed by atoms with van der Waals surface area (Å²) in [5.41, 5.74) is 1.26. The molecule has 1 heteroatoms. The Hall–Kier alpha value is -0.850. The summed E-state index contributed by atoms with van der Waals surface area (Å²) < 4.78 is 0. The van der Waals surface area contributed by atoms with Crippen LogP contribution in [-0.2, 0) is 4.79 Å². The van der Waals surface area contributed by atoms with Crippen molar-refractivity contribution in [3.63, 3.8) is 0 Å². The van der Waals surface area contributed by atoms with Gasteiger partial charge in [-0.05, 0) is 25.8 Å². The Morgan fingerprint density at radius 2 is 1.92 bits per heavy atom. The van der Waals surface area contributed by atoms with E-state index in [2.05, 4.69) is 19.9 Å². The highest BCUT2D eigenvalue weighted by Crippen LogP contribution is 2.05. The van der Waals surface area contributed by atoms with Crippen LogP contribution in [0, 0.1) is 0 Å². The molecule has 0 rings (SSSR count). The third-order valence-electron chi connectivity index (χ3n) is 1.64. The van der Waals surface area contributed by atoms with Crippen LogP contribution in [0.2, 0.25) is 0 Å². The summed E-state index contributed by atoms with van der Waals surface area (Å²) in [4.78, 5) is 10.6. The van der Waals surface area contributed by atoms with E-state index in [0.29, 0.717) is 0 Å². The van der Waals surface area contributed by atoms with Crippen molar-refractivity contribution in [2.75, 3.05) is 0 Å². The molecule has 0 aliphatic rings. The zero-order chi connectivity index (χ0) is 9.40. The SMILES string of the molecule is CCCC=C(/C=C/C(C)=O)CC. The van der Waals surface area contributed by atoms with Gasteiger partial charge in [-0.25, -0.2) is 0 Å². The number of ketones is 1. The molecule has 68 valence electrons. The van der Waals surface area contributed by atoms with Gasteiger partial charge in [0.25, 0.3) is 0 Å². The Bertz CT molecular complexity index is 187. The Balaban J connectivity index is 4.07. The van der Waals surface area contributed by atoms with E-state index < -0.39 is 0 Å². The van der Waals surface area contributed by atoms with Crippen LogP contribution in [0.15, 0.2) is 23.8 Å². The summed E-state index contributed by atoms with van der Waals surface area (Å²) in [5.74, 6) is 0.117. The highest BCUT2D eigenvalue weighted by atomic mass is 16.1. The van der Waals surface area contributed by atoms with Crippen molar-refractivity contribution in [2.45, 2.75) is 40.0 Å². The minimum absolute atomic E-state index is 0.117. The van der Waals surface area contributed by atoms with Gasteiger partial charge in [0.1, 0.15) is 0 Å². The normalized spacial score (nSPS) is 12.4. The molecule has 0 bridgehead atoms. The third kappa shape index (κ3) is 5.90. The van der Waals surface area contributed by atoms with Gasteiger partial charge < -0.3 is 0 Å². The standard InChI is InChI=1S/C11H18O/c1-4-6-7-11(5-2)9-8-10(3)12/h7-9H,4-6H2,1-3H3/b9-8+,11-7?.